The second-order valence-electron chi connectivity index (χ2n) is 4.96. The molecule has 1 aliphatic rings. The molecule has 2 atom stereocenters. The lowest BCUT2D eigenvalue weighted by atomic mass is 10.1. The minimum atomic E-state index is -0.261. The molecule has 3 rings (SSSR count). The molecule has 1 N–H and O–H groups in total. The predicted molar refractivity (Wildman–Crippen MR) is 76.0 cm³/mol. The van der Waals surface area contributed by atoms with Gasteiger partial charge < -0.3 is 14.8 Å². The fourth-order valence-electron chi connectivity index (χ4n) is 2.28. The molecular formula is C14H17N5O3. The van der Waals surface area contributed by atoms with E-state index in [0.29, 0.717) is 25.5 Å². The summed E-state index contributed by atoms with van der Waals surface area (Å²) in [5.74, 6) is 0.389. The van der Waals surface area contributed by atoms with Crippen LogP contribution in [0.4, 0.5) is 0 Å². The minimum Gasteiger partial charge on any atom is -0.470 e. The Hall–Kier alpha value is -2.48. The normalized spacial score (nSPS) is 21.3. The molecule has 1 aliphatic heterocycles. The SMILES string of the molecule is O=C(Cn1ccnn1)N[C@@H]1CCOC[C@H]1Oc1ccccn1. The first-order valence-corrected chi connectivity index (χ1v) is 7.10. The molecule has 22 heavy (non-hydrogen) atoms. The number of hydrogen-bond donors (Lipinski definition) is 1. The third kappa shape index (κ3) is 3.79. The highest BCUT2D eigenvalue weighted by Crippen LogP contribution is 2.15. The summed E-state index contributed by atoms with van der Waals surface area (Å²) in [5.41, 5.74) is 0. The molecule has 0 aliphatic carbocycles. The van der Waals surface area contributed by atoms with E-state index in [9.17, 15) is 4.79 Å². The van der Waals surface area contributed by atoms with Gasteiger partial charge in [-0.25, -0.2) is 9.67 Å². The average Bonchev–Trinajstić information content (AvgIpc) is 3.03. The molecule has 0 spiro atoms. The molecule has 0 bridgehead atoms. The molecule has 0 saturated carbocycles. The van der Waals surface area contributed by atoms with Gasteiger partial charge in [0.05, 0.1) is 18.8 Å². The molecule has 2 aromatic heterocycles. The Bertz CT molecular complexity index is 590. The molecule has 3 heterocycles. The zero-order chi connectivity index (χ0) is 15.2. The number of nitrogens with one attached hydrogen (secondary N) is 1. The van der Waals surface area contributed by atoms with Crippen LogP contribution in [0.5, 0.6) is 5.88 Å². The summed E-state index contributed by atoms with van der Waals surface area (Å²) in [6.07, 6.45) is 5.28. The lowest BCUT2D eigenvalue weighted by Crippen LogP contribution is -2.52. The maximum absolute atomic E-state index is 12.1. The Morgan fingerprint density at radius 2 is 2.41 bits per heavy atom. The van der Waals surface area contributed by atoms with Crippen LogP contribution < -0.4 is 10.1 Å². The van der Waals surface area contributed by atoms with E-state index in [4.69, 9.17) is 9.47 Å². The number of aromatic nitrogens is 4. The van der Waals surface area contributed by atoms with E-state index in [0.717, 1.165) is 0 Å². The molecule has 1 saturated heterocycles. The fraction of sp³-hybridized carbons (Fsp3) is 0.429. The molecular weight excluding hydrogens is 286 g/mol. The van der Waals surface area contributed by atoms with E-state index in [2.05, 4.69) is 20.6 Å². The zero-order valence-corrected chi connectivity index (χ0v) is 12.0. The third-order valence-electron chi connectivity index (χ3n) is 3.34. The summed E-state index contributed by atoms with van der Waals surface area (Å²) in [6, 6.07) is 5.33. The number of nitrogens with zero attached hydrogens (tertiary/aromatic N) is 4. The molecule has 8 heteroatoms. The Kier molecular flexibility index (Phi) is 4.59. The Morgan fingerprint density at radius 1 is 1.45 bits per heavy atom. The van der Waals surface area contributed by atoms with Crippen LogP contribution in [0.25, 0.3) is 0 Å². The van der Waals surface area contributed by atoms with Crippen LogP contribution >= 0.6 is 0 Å². The van der Waals surface area contributed by atoms with Crippen molar-refractivity contribution >= 4 is 5.91 Å². The largest absolute Gasteiger partial charge is 0.470 e. The summed E-state index contributed by atoms with van der Waals surface area (Å²) in [7, 11) is 0. The van der Waals surface area contributed by atoms with E-state index in [1.54, 1.807) is 18.5 Å². The quantitative estimate of drug-likeness (QED) is 0.837. The molecule has 2 aromatic rings. The zero-order valence-electron chi connectivity index (χ0n) is 12.0. The molecule has 8 nitrogen and oxygen atoms in total. The molecule has 0 aromatic carbocycles. The van der Waals surface area contributed by atoms with Crippen molar-refractivity contribution in [3.8, 4) is 5.88 Å². The van der Waals surface area contributed by atoms with Crippen molar-refractivity contribution < 1.29 is 14.3 Å². The highest BCUT2D eigenvalue weighted by molar-refractivity contribution is 5.76. The number of carbonyl (C=O) groups excluding carboxylic acids is 1. The molecule has 116 valence electrons. The van der Waals surface area contributed by atoms with E-state index >= 15 is 0 Å². The fourth-order valence-corrected chi connectivity index (χ4v) is 2.28. The van der Waals surface area contributed by atoms with E-state index in [1.165, 1.54) is 10.9 Å². The van der Waals surface area contributed by atoms with E-state index in [1.807, 2.05) is 12.1 Å². The monoisotopic (exact) mass is 303 g/mol. The maximum Gasteiger partial charge on any atom is 0.242 e. The number of ether oxygens (including phenoxy) is 2. The van der Waals surface area contributed by atoms with Crippen LogP contribution in [0.3, 0.4) is 0 Å². The Labute approximate surface area is 127 Å². The van der Waals surface area contributed by atoms with Crippen molar-refractivity contribution in [1.29, 1.82) is 0 Å². The van der Waals surface area contributed by atoms with Gasteiger partial charge in [-0.1, -0.05) is 11.3 Å². The van der Waals surface area contributed by atoms with Crippen LogP contribution in [0, 0.1) is 0 Å². The first-order valence-electron chi connectivity index (χ1n) is 7.10. The number of amides is 1. The van der Waals surface area contributed by atoms with E-state index < -0.39 is 0 Å². The number of pyridine rings is 1. The maximum atomic E-state index is 12.1. The van der Waals surface area contributed by atoms with Crippen molar-refractivity contribution in [3.63, 3.8) is 0 Å². The van der Waals surface area contributed by atoms with Gasteiger partial charge in [-0.15, -0.1) is 5.10 Å². The van der Waals surface area contributed by atoms with Gasteiger partial charge in [0.25, 0.3) is 0 Å². The summed E-state index contributed by atoms with van der Waals surface area (Å²) in [4.78, 5) is 16.2. The van der Waals surface area contributed by atoms with Gasteiger partial charge in [0.2, 0.25) is 11.8 Å². The van der Waals surface area contributed by atoms with Gasteiger partial charge in [-0.3, -0.25) is 4.79 Å². The van der Waals surface area contributed by atoms with Gasteiger partial charge in [0.1, 0.15) is 12.6 Å². The van der Waals surface area contributed by atoms with Gasteiger partial charge in [-0.05, 0) is 12.5 Å². The highest BCUT2D eigenvalue weighted by Gasteiger charge is 2.29. The van der Waals surface area contributed by atoms with Crippen molar-refractivity contribution in [1.82, 2.24) is 25.3 Å². The summed E-state index contributed by atoms with van der Waals surface area (Å²) < 4.78 is 12.7. The summed E-state index contributed by atoms with van der Waals surface area (Å²) in [6.45, 7) is 1.15. The molecule has 1 fully saturated rings. The van der Waals surface area contributed by atoms with Crippen molar-refractivity contribution in [3.05, 3.63) is 36.8 Å². The lowest BCUT2D eigenvalue weighted by molar-refractivity contribution is -0.124. The smallest absolute Gasteiger partial charge is 0.242 e. The van der Waals surface area contributed by atoms with Crippen molar-refractivity contribution in [2.75, 3.05) is 13.2 Å². The second-order valence-corrected chi connectivity index (χ2v) is 4.96. The van der Waals surface area contributed by atoms with Crippen LogP contribution in [-0.2, 0) is 16.1 Å². The number of hydrogen-bond acceptors (Lipinski definition) is 6. The van der Waals surface area contributed by atoms with Crippen molar-refractivity contribution in [2.24, 2.45) is 0 Å². The Balaban J connectivity index is 1.58. The summed E-state index contributed by atoms with van der Waals surface area (Å²) in [5, 5.41) is 10.4. The standard InChI is InChI=1S/C14H17N5O3/c20-13(9-19-7-6-16-18-19)17-11-4-8-21-10-12(11)22-14-3-1-2-5-15-14/h1-3,5-7,11-12H,4,8-10H2,(H,17,20)/t11-,12-/m1/s1. The molecule has 0 unspecified atom stereocenters. The van der Waals surface area contributed by atoms with Crippen LogP contribution in [-0.4, -0.2) is 51.2 Å². The van der Waals surface area contributed by atoms with Crippen molar-refractivity contribution in [2.45, 2.75) is 25.1 Å². The minimum absolute atomic E-state index is 0.119. The van der Waals surface area contributed by atoms with Crippen LogP contribution in [0.15, 0.2) is 36.8 Å². The molecule has 1 amide bonds. The van der Waals surface area contributed by atoms with Gasteiger partial charge in [0, 0.05) is 25.1 Å². The first-order chi connectivity index (χ1) is 10.8. The third-order valence-corrected chi connectivity index (χ3v) is 3.34. The first kappa shape index (κ1) is 14.5. The lowest BCUT2D eigenvalue weighted by Gasteiger charge is -2.32. The van der Waals surface area contributed by atoms with E-state index in [-0.39, 0.29) is 24.6 Å². The average molecular weight is 303 g/mol. The Morgan fingerprint density at radius 3 is 3.18 bits per heavy atom. The topological polar surface area (TPSA) is 91.2 Å². The molecule has 0 radical (unpaired) electrons. The van der Waals surface area contributed by atoms with Gasteiger partial charge in [0.15, 0.2) is 0 Å². The van der Waals surface area contributed by atoms with Gasteiger partial charge >= 0.3 is 0 Å². The predicted octanol–water partition coefficient (Wildman–Crippen LogP) is 0.0258. The van der Waals surface area contributed by atoms with Crippen LogP contribution in [0.2, 0.25) is 0 Å². The second kappa shape index (κ2) is 6.99. The summed E-state index contributed by atoms with van der Waals surface area (Å²) >= 11 is 0. The number of carbonyl (C=O) groups is 1. The van der Waals surface area contributed by atoms with Crippen LogP contribution in [0.1, 0.15) is 6.42 Å². The number of rotatable bonds is 5. The van der Waals surface area contributed by atoms with Gasteiger partial charge in [-0.2, -0.15) is 0 Å². The highest BCUT2D eigenvalue weighted by atomic mass is 16.5.